The van der Waals surface area contributed by atoms with E-state index in [1.807, 2.05) is 0 Å². The summed E-state index contributed by atoms with van der Waals surface area (Å²) in [5.41, 5.74) is -3.98. The molecule has 4 nitrogen and oxygen atoms in total. The zero-order valence-electron chi connectivity index (χ0n) is 13.0. The summed E-state index contributed by atoms with van der Waals surface area (Å²) in [6.07, 6.45) is 2.32. The number of thioether (sulfide) groups is 1. The highest BCUT2D eigenvalue weighted by Crippen LogP contribution is 2.36. The maximum atomic E-state index is 12.3. The second-order valence-electron chi connectivity index (χ2n) is 6.03. The summed E-state index contributed by atoms with van der Waals surface area (Å²) in [7, 11) is 0. The molecule has 8 heteroatoms. The largest absolute Gasteiger partial charge is 0.446 e. The quantitative estimate of drug-likeness (QED) is 0.839. The summed E-state index contributed by atoms with van der Waals surface area (Å²) in [5, 5.41) is 2.80. The van der Waals surface area contributed by atoms with E-state index in [4.69, 9.17) is 4.74 Å². The minimum atomic E-state index is -4.32. The maximum Gasteiger partial charge on any atom is 0.446 e. The van der Waals surface area contributed by atoms with E-state index in [0.717, 1.165) is 13.1 Å². The lowest BCUT2D eigenvalue weighted by molar-refractivity contribution is -0.0461. The van der Waals surface area contributed by atoms with Gasteiger partial charge < -0.3 is 10.1 Å². The van der Waals surface area contributed by atoms with Crippen LogP contribution in [0.5, 0.6) is 0 Å². The summed E-state index contributed by atoms with van der Waals surface area (Å²) in [6.45, 7) is 2.99. The number of alkyl halides is 3. The number of hydrogen-bond acceptors (Lipinski definition) is 4. The fourth-order valence-corrected chi connectivity index (χ4v) is 3.67. The molecule has 1 aromatic rings. The van der Waals surface area contributed by atoms with Gasteiger partial charge in [0, 0.05) is 29.6 Å². The number of carbonyl (C=O) groups excluding carboxylic acids is 1. The van der Waals surface area contributed by atoms with Crippen molar-refractivity contribution < 1.29 is 22.7 Å². The van der Waals surface area contributed by atoms with Crippen LogP contribution in [0.15, 0.2) is 29.2 Å². The van der Waals surface area contributed by atoms with Crippen LogP contribution in [0.2, 0.25) is 0 Å². The molecule has 0 bridgehead atoms. The molecule has 2 aliphatic heterocycles. The first-order chi connectivity index (χ1) is 11.4. The van der Waals surface area contributed by atoms with Gasteiger partial charge in [0.05, 0.1) is 12.7 Å². The number of fused-ring (bicyclic) bond motifs is 1. The monoisotopic (exact) mass is 360 g/mol. The number of nitrogens with zero attached hydrogens (tertiary/aromatic N) is 1. The van der Waals surface area contributed by atoms with Crippen LogP contribution < -0.4 is 5.32 Å². The van der Waals surface area contributed by atoms with Gasteiger partial charge >= 0.3 is 5.51 Å². The van der Waals surface area contributed by atoms with Gasteiger partial charge in [0.25, 0.3) is 5.91 Å². The van der Waals surface area contributed by atoms with Crippen molar-refractivity contribution in [1.82, 2.24) is 10.2 Å². The van der Waals surface area contributed by atoms with Crippen molar-refractivity contribution in [3.8, 4) is 0 Å². The normalized spacial score (nSPS) is 24.6. The topological polar surface area (TPSA) is 41.6 Å². The molecule has 2 heterocycles. The van der Waals surface area contributed by atoms with Crippen LogP contribution in [0.25, 0.3) is 0 Å². The molecular formula is C16H19F3N2O2S. The van der Waals surface area contributed by atoms with Gasteiger partial charge in [-0.1, -0.05) is 0 Å². The number of benzene rings is 1. The van der Waals surface area contributed by atoms with Gasteiger partial charge in [-0.25, -0.2) is 0 Å². The van der Waals surface area contributed by atoms with E-state index >= 15 is 0 Å². The van der Waals surface area contributed by atoms with Crippen molar-refractivity contribution >= 4 is 17.7 Å². The Kier molecular flexibility index (Phi) is 5.36. The molecule has 0 aliphatic carbocycles. The molecule has 132 valence electrons. The number of carbonyl (C=O) groups is 1. The van der Waals surface area contributed by atoms with Crippen LogP contribution in [0, 0.1) is 0 Å². The van der Waals surface area contributed by atoms with Crippen LogP contribution >= 0.6 is 11.8 Å². The summed E-state index contributed by atoms with van der Waals surface area (Å²) >= 11 is -0.191. The molecule has 24 heavy (non-hydrogen) atoms. The molecule has 2 atom stereocenters. The van der Waals surface area contributed by atoms with Crippen molar-refractivity contribution in [2.45, 2.75) is 35.4 Å². The fourth-order valence-electron chi connectivity index (χ4n) is 3.13. The lowest BCUT2D eigenvalue weighted by Crippen LogP contribution is -2.50. The first-order valence-electron chi connectivity index (χ1n) is 7.90. The van der Waals surface area contributed by atoms with E-state index in [1.165, 1.54) is 37.1 Å². The van der Waals surface area contributed by atoms with Crippen LogP contribution in [-0.2, 0) is 4.74 Å². The summed E-state index contributed by atoms with van der Waals surface area (Å²) in [6, 6.07) is 5.93. The lowest BCUT2D eigenvalue weighted by Gasteiger charge is -2.35. The van der Waals surface area contributed by atoms with Gasteiger partial charge in [-0.2, -0.15) is 13.2 Å². The second-order valence-corrected chi connectivity index (χ2v) is 7.17. The van der Waals surface area contributed by atoms with E-state index in [2.05, 4.69) is 10.2 Å². The van der Waals surface area contributed by atoms with Crippen LogP contribution in [-0.4, -0.2) is 54.7 Å². The van der Waals surface area contributed by atoms with E-state index in [0.29, 0.717) is 24.8 Å². The third-order valence-corrected chi connectivity index (χ3v) is 5.04. The number of hydrogen-bond donors (Lipinski definition) is 1. The minimum Gasteiger partial charge on any atom is -0.373 e. The molecule has 1 N–H and O–H groups in total. The standard InChI is InChI=1S/C16H19F3N2O2S/c17-16(18,19)24-14-5-3-11(4-6-14)15(22)20-8-13-9-21-7-1-2-12(21)10-23-13/h3-6,12-13H,1-2,7-10H2,(H,20,22)/t12-,13-/m0/s1. The zero-order valence-corrected chi connectivity index (χ0v) is 13.8. The molecule has 2 fully saturated rings. The predicted octanol–water partition coefficient (Wildman–Crippen LogP) is 2.89. The Morgan fingerprint density at radius 2 is 2.08 bits per heavy atom. The third kappa shape index (κ3) is 4.64. The molecule has 1 aromatic carbocycles. The first-order valence-corrected chi connectivity index (χ1v) is 8.72. The average molecular weight is 360 g/mol. The van der Waals surface area contributed by atoms with Crippen LogP contribution in [0.3, 0.4) is 0 Å². The Hall–Kier alpha value is -1.25. The molecule has 2 aliphatic rings. The molecular weight excluding hydrogens is 341 g/mol. The Balaban J connectivity index is 1.48. The van der Waals surface area contributed by atoms with Crippen molar-refractivity contribution in [2.75, 3.05) is 26.2 Å². The van der Waals surface area contributed by atoms with Crippen molar-refractivity contribution in [1.29, 1.82) is 0 Å². The summed E-state index contributed by atoms with van der Waals surface area (Å²) in [4.78, 5) is 14.6. The van der Waals surface area contributed by atoms with Gasteiger partial charge in [0.1, 0.15) is 0 Å². The maximum absolute atomic E-state index is 12.3. The third-order valence-electron chi connectivity index (χ3n) is 4.30. The Morgan fingerprint density at radius 1 is 1.33 bits per heavy atom. The molecule has 3 rings (SSSR count). The number of ether oxygens (including phenoxy) is 1. The van der Waals surface area contributed by atoms with Gasteiger partial charge in [0.15, 0.2) is 0 Å². The van der Waals surface area contributed by atoms with Gasteiger partial charge in [-0.05, 0) is 55.4 Å². The summed E-state index contributed by atoms with van der Waals surface area (Å²) in [5.74, 6) is -0.300. The Labute approximate surface area is 142 Å². The van der Waals surface area contributed by atoms with Gasteiger partial charge in [-0.3, -0.25) is 9.69 Å². The average Bonchev–Trinajstić information content (AvgIpc) is 2.99. The van der Waals surface area contributed by atoms with E-state index in [9.17, 15) is 18.0 Å². The molecule has 0 spiro atoms. The van der Waals surface area contributed by atoms with Crippen LogP contribution in [0.4, 0.5) is 13.2 Å². The number of morpholine rings is 1. The highest BCUT2D eigenvalue weighted by molar-refractivity contribution is 8.00. The van der Waals surface area contributed by atoms with Gasteiger partial charge in [0.2, 0.25) is 0 Å². The lowest BCUT2D eigenvalue weighted by atomic mass is 10.1. The number of halogens is 3. The van der Waals surface area contributed by atoms with E-state index in [1.54, 1.807) is 0 Å². The number of rotatable bonds is 4. The molecule has 0 aromatic heterocycles. The zero-order chi connectivity index (χ0) is 17.2. The minimum absolute atomic E-state index is 0.0386. The fraction of sp³-hybridized carbons (Fsp3) is 0.562. The van der Waals surface area contributed by atoms with E-state index in [-0.39, 0.29) is 28.7 Å². The highest BCUT2D eigenvalue weighted by atomic mass is 32.2. The number of amides is 1. The first kappa shape index (κ1) is 17.6. The molecule has 0 unspecified atom stereocenters. The smallest absolute Gasteiger partial charge is 0.373 e. The molecule has 2 saturated heterocycles. The predicted molar refractivity (Wildman–Crippen MR) is 85.0 cm³/mol. The van der Waals surface area contributed by atoms with Crippen molar-refractivity contribution in [3.05, 3.63) is 29.8 Å². The molecule has 1 amide bonds. The molecule has 0 saturated carbocycles. The van der Waals surface area contributed by atoms with E-state index < -0.39 is 5.51 Å². The second kappa shape index (κ2) is 7.33. The molecule has 0 radical (unpaired) electrons. The Bertz CT molecular complexity index is 580. The van der Waals surface area contributed by atoms with Crippen molar-refractivity contribution in [3.63, 3.8) is 0 Å². The summed E-state index contributed by atoms with van der Waals surface area (Å²) < 4.78 is 42.6. The highest BCUT2D eigenvalue weighted by Gasteiger charge is 2.32. The van der Waals surface area contributed by atoms with Crippen molar-refractivity contribution in [2.24, 2.45) is 0 Å². The Morgan fingerprint density at radius 3 is 2.79 bits per heavy atom. The SMILES string of the molecule is O=C(NC[C@H]1CN2CCC[C@H]2CO1)c1ccc(SC(F)(F)F)cc1. The van der Waals surface area contributed by atoms with Gasteiger partial charge in [-0.15, -0.1) is 0 Å². The van der Waals surface area contributed by atoms with Crippen LogP contribution in [0.1, 0.15) is 23.2 Å². The number of nitrogens with one attached hydrogen (secondary N) is 1.